The summed E-state index contributed by atoms with van der Waals surface area (Å²) in [5, 5.41) is 0.330. The van der Waals surface area contributed by atoms with Gasteiger partial charge in [-0.2, -0.15) is 0 Å². The van der Waals surface area contributed by atoms with Crippen LogP contribution in [0.2, 0.25) is 5.02 Å². The molecule has 0 saturated heterocycles. The molecule has 0 radical (unpaired) electrons. The average Bonchev–Trinajstić information content (AvgIpc) is 2.81. The van der Waals surface area contributed by atoms with Crippen molar-refractivity contribution in [1.29, 1.82) is 0 Å². The summed E-state index contributed by atoms with van der Waals surface area (Å²) in [5.41, 5.74) is 1.86. The molecule has 5 nitrogen and oxygen atoms in total. The Balaban J connectivity index is 2.01. The largest absolute Gasteiger partial charge is 0.312 e. The minimum absolute atomic E-state index is 0.0758. The summed E-state index contributed by atoms with van der Waals surface area (Å²) in [5.74, 6) is 0. The predicted octanol–water partition coefficient (Wildman–Crippen LogP) is 3.35. The fourth-order valence-electron chi connectivity index (χ4n) is 2.00. The van der Waals surface area contributed by atoms with Crippen LogP contribution >= 0.6 is 22.9 Å². The molecule has 0 spiro atoms. The number of H-pyrrole nitrogens is 1. The van der Waals surface area contributed by atoms with Gasteiger partial charge in [0.05, 0.1) is 25.8 Å². The number of benzene rings is 2. The van der Waals surface area contributed by atoms with E-state index in [9.17, 15) is 13.2 Å². The number of aryl methyl sites for hydroxylation is 1. The number of hydrogen-bond acceptors (Lipinski definition) is 4. The van der Waals surface area contributed by atoms with E-state index in [0.717, 1.165) is 16.9 Å². The molecule has 0 aliphatic heterocycles. The molecule has 8 heteroatoms. The second kappa shape index (κ2) is 5.42. The van der Waals surface area contributed by atoms with Crippen LogP contribution in [-0.2, 0) is 10.0 Å². The molecule has 0 amide bonds. The topological polar surface area (TPSA) is 79.0 Å². The fourth-order valence-corrected chi connectivity index (χ4v) is 4.29. The van der Waals surface area contributed by atoms with Gasteiger partial charge in [-0.15, -0.1) is 0 Å². The molecule has 1 aromatic heterocycles. The van der Waals surface area contributed by atoms with E-state index >= 15 is 0 Å². The molecule has 0 saturated carbocycles. The molecule has 0 aliphatic carbocycles. The van der Waals surface area contributed by atoms with Gasteiger partial charge in [0, 0.05) is 0 Å². The molecule has 0 fully saturated rings. The first-order chi connectivity index (χ1) is 10.3. The SMILES string of the molecule is Cc1ccc(NS(=O)(=O)c2ccc3[nH]c(=O)sc3c2)c(Cl)c1. The molecule has 0 bridgehead atoms. The summed E-state index contributed by atoms with van der Waals surface area (Å²) >= 11 is 7.01. The number of halogens is 1. The van der Waals surface area contributed by atoms with Crippen LogP contribution in [0.3, 0.4) is 0 Å². The minimum atomic E-state index is -3.77. The molecule has 0 atom stereocenters. The Morgan fingerprint density at radius 3 is 2.68 bits per heavy atom. The smallest absolute Gasteiger partial charge is 0.305 e. The van der Waals surface area contributed by atoms with Gasteiger partial charge in [-0.25, -0.2) is 8.42 Å². The summed E-state index contributed by atoms with van der Waals surface area (Å²) in [7, 11) is -3.77. The van der Waals surface area contributed by atoms with Crippen molar-refractivity contribution in [2.45, 2.75) is 11.8 Å². The number of nitrogens with one attached hydrogen (secondary N) is 2. The Morgan fingerprint density at radius 1 is 1.18 bits per heavy atom. The molecule has 3 aromatic rings. The quantitative estimate of drug-likeness (QED) is 0.757. The lowest BCUT2D eigenvalue weighted by Crippen LogP contribution is -2.13. The summed E-state index contributed by atoms with van der Waals surface area (Å²) in [6, 6.07) is 9.53. The first-order valence-electron chi connectivity index (χ1n) is 6.27. The monoisotopic (exact) mass is 354 g/mol. The van der Waals surface area contributed by atoms with Crippen LogP contribution in [-0.4, -0.2) is 13.4 Å². The van der Waals surface area contributed by atoms with E-state index in [4.69, 9.17) is 11.6 Å². The summed E-state index contributed by atoms with van der Waals surface area (Å²) < 4.78 is 27.9. The van der Waals surface area contributed by atoms with Gasteiger partial charge in [0.2, 0.25) is 0 Å². The highest BCUT2D eigenvalue weighted by molar-refractivity contribution is 7.92. The summed E-state index contributed by atoms with van der Waals surface area (Å²) in [6.45, 7) is 1.87. The van der Waals surface area contributed by atoms with Crippen molar-refractivity contribution >= 4 is 48.9 Å². The van der Waals surface area contributed by atoms with Gasteiger partial charge in [-0.3, -0.25) is 9.52 Å². The zero-order valence-electron chi connectivity index (χ0n) is 11.4. The predicted molar refractivity (Wildman–Crippen MR) is 89.4 cm³/mol. The van der Waals surface area contributed by atoms with Gasteiger partial charge in [-0.1, -0.05) is 29.0 Å². The van der Waals surface area contributed by atoms with Crippen LogP contribution in [0.4, 0.5) is 5.69 Å². The first-order valence-corrected chi connectivity index (χ1v) is 8.95. The molecule has 2 aromatic carbocycles. The fraction of sp³-hybridized carbons (Fsp3) is 0.0714. The van der Waals surface area contributed by atoms with Crippen molar-refractivity contribution in [3.63, 3.8) is 0 Å². The van der Waals surface area contributed by atoms with Gasteiger partial charge in [0.1, 0.15) is 0 Å². The van der Waals surface area contributed by atoms with Crippen LogP contribution in [0.25, 0.3) is 10.2 Å². The van der Waals surface area contributed by atoms with E-state index in [0.29, 0.717) is 20.9 Å². The van der Waals surface area contributed by atoms with Crippen LogP contribution in [0, 0.1) is 6.92 Å². The second-order valence-corrected chi connectivity index (χ2v) is 7.87. The van der Waals surface area contributed by atoms with E-state index in [-0.39, 0.29) is 9.77 Å². The van der Waals surface area contributed by atoms with Crippen LogP contribution in [0.1, 0.15) is 5.56 Å². The number of rotatable bonds is 3. The Bertz CT molecular complexity index is 1020. The first kappa shape index (κ1) is 15.1. The zero-order chi connectivity index (χ0) is 15.9. The molecule has 0 unspecified atom stereocenters. The lowest BCUT2D eigenvalue weighted by Gasteiger charge is -2.10. The standard InChI is InChI=1S/C14H11ClN2O3S2/c1-8-2-4-11(10(15)6-8)17-22(19,20)9-3-5-12-13(7-9)21-14(18)16-12/h2-7,17H,1H3,(H,16,18). The highest BCUT2D eigenvalue weighted by Crippen LogP contribution is 2.27. The van der Waals surface area contributed by atoms with E-state index in [2.05, 4.69) is 9.71 Å². The van der Waals surface area contributed by atoms with Crippen molar-refractivity contribution in [2.75, 3.05) is 4.72 Å². The number of anilines is 1. The van der Waals surface area contributed by atoms with E-state index < -0.39 is 10.0 Å². The maximum absolute atomic E-state index is 12.4. The van der Waals surface area contributed by atoms with Crippen molar-refractivity contribution in [3.05, 3.63) is 56.7 Å². The molecule has 2 N–H and O–H groups in total. The third-order valence-electron chi connectivity index (χ3n) is 3.07. The number of fused-ring (bicyclic) bond motifs is 1. The third kappa shape index (κ3) is 2.87. The van der Waals surface area contributed by atoms with Crippen molar-refractivity contribution in [3.8, 4) is 0 Å². The Labute approximate surface area is 135 Å². The molecular weight excluding hydrogens is 344 g/mol. The number of hydrogen-bond donors (Lipinski definition) is 2. The van der Waals surface area contributed by atoms with E-state index in [1.807, 2.05) is 6.92 Å². The lowest BCUT2D eigenvalue weighted by atomic mass is 10.2. The highest BCUT2D eigenvalue weighted by Gasteiger charge is 2.17. The van der Waals surface area contributed by atoms with E-state index in [1.54, 1.807) is 24.3 Å². The third-order valence-corrected chi connectivity index (χ3v) is 5.59. The zero-order valence-corrected chi connectivity index (χ0v) is 13.8. The Morgan fingerprint density at radius 2 is 1.95 bits per heavy atom. The van der Waals surface area contributed by atoms with Crippen molar-refractivity contribution in [2.24, 2.45) is 0 Å². The van der Waals surface area contributed by atoms with Crippen LogP contribution < -0.4 is 9.60 Å². The highest BCUT2D eigenvalue weighted by atomic mass is 35.5. The Kier molecular flexibility index (Phi) is 3.72. The van der Waals surface area contributed by atoms with E-state index in [1.165, 1.54) is 12.1 Å². The normalized spacial score (nSPS) is 11.7. The average molecular weight is 355 g/mol. The van der Waals surface area contributed by atoms with Gasteiger partial charge in [0.25, 0.3) is 10.0 Å². The molecule has 22 heavy (non-hydrogen) atoms. The van der Waals surface area contributed by atoms with Crippen LogP contribution in [0.5, 0.6) is 0 Å². The molecule has 114 valence electrons. The lowest BCUT2D eigenvalue weighted by molar-refractivity contribution is 0.601. The number of aromatic amines is 1. The van der Waals surface area contributed by atoms with Gasteiger partial charge < -0.3 is 4.98 Å². The van der Waals surface area contributed by atoms with Crippen molar-refractivity contribution in [1.82, 2.24) is 4.98 Å². The molecular formula is C14H11ClN2O3S2. The van der Waals surface area contributed by atoms with Gasteiger partial charge >= 0.3 is 4.87 Å². The Hall–Kier alpha value is -1.83. The molecule has 1 heterocycles. The van der Waals surface area contributed by atoms with Gasteiger partial charge in [-0.05, 0) is 42.8 Å². The number of sulfonamides is 1. The van der Waals surface area contributed by atoms with Gasteiger partial charge in [0.15, 0.2) is 0 Å². The minimum Gasteiger partial charge on any atom is -0.312 e. The van der Waals surface area contributed by atoms with Crippen molar-refractivity contribution < 1.29 is 8.42 Å². The number of aromatic nitrogens is 1. The van der Waals surface area contributed by atoms with Crippen LogP contribution in [0.15, 0.2) is 46.1 Å². The second-order valence-electron chi connectivity index (χ2n) is 4.76. The molecule has 0 aliphatic rings. The summed E-state index contributed by atoms with van der Waals surface area (Å²) in [6.07, 6.45) is 0. The maximum Gasteiger partial charge on any atom is 0.305 e. The summed E-state index contributed by atoms with van der Waals surface area (Å²) in [4.78, 5) is 13.8. The number of thiazole rings is 1. The molecule has 3 rings (SSSR count). The maximum atomic E-state index is 12.4.